The van der Waals surface area contributed by atoms with Crippen molar-refractivity contribution in [2.75, 3.05) is 24.4 Å². The molecule has 30 heavy (non-hydrogen) atoms. The summed E-state index contributed by atoms with van der Waals surface area (Å²) in [5.41, 5.74) is 2.37. The minimum atomic E-state index is -0.341. The number of benzene rings is 3. The molecule has 0 aliphatic carbocycles. The maximum atomic E-state index is 12.6. The second kappa shape index (κ2) is 9.80. The van der Waals surface area contributed by atoms with E-state index in [1.54, 1.807) is 54.6 Å². The number of amides is 2. The number of methoxy groups -OCH3 is 1. The SMILES string of the molecule is COc1ccc(NC(=O)COc2ccc(Cl)cc2)cc1NC(=O)c1ccccc1C. The standard InChI is InChI=1S/C23H21ClN2O4/c1-15-5-3-4-6-19(15)23(28)26-20-13-17(9-12-21(20)29-2)25-22(27)14-30-18-10-7-16(24)8-11-18/h3-13H,14H2,1-2H3,(H,25,27)(H,26,28). The Morgan fingerprint density at radius 2 is 1.70 bits per heavy atom. The first-order valence-corrected chi connectivity index (χ1v) is 9.57. The van der Waals surface area contributed by atoms with E-state index in [9.17, 15) is 9.59 Å². The first-order valence-electron chi connectivity index (χ1n) is 9.19. The normalized spacial score (nSPS) is 10.2. The molecule has 0 saturated heterocycles. The Bertz CT molecular complexity index is 1050. The minimum absolute atomic E-state index is 0.168. The van der Waals surface area contributed by atoms with E-state index in [0.29, 0.717) is 33.5 Å². The largest absolute Gasteiger partial charge is 0.495 e. The molecule has 2 N–H and O–H groups in total. The van der Waals surface area contributed by atoms with E-state index in [1.165, 1.54) is 7.11 Å². The number of carbonyl (C=O) groups is 2. The van der Waals surface area contributed by atoms with E-state index in [2.05, 4.69) is 10.6 Å². The van der Waals surface area contributed by atoms with E-state index in [0.717, 1.165) is 5.56 Å². The van der Waals surface area contributed by atoms with Gasteiger partial charge in [-0.15, -0.1) is 0 Å². The van der Waals surface area contributed by atoms with Gasteiger partial charge < -0.3 is 20.1 Å². The predicted octanol–water partition coefficient (Wildman–Crippen LogP) is 4.93. The van der Waals surface area contributed by atoms with Gasteiger partial charge in [-0.05, 0) is 61.0 Å². The topological polar surface area (TPSA) is 76.7 Å². The number of hydrogen-bond donors (Lipinski definition) is 2. The highest BCUT2D eigenvalue weighted by Gasteiger charge is 2.13. The number of ether oxygens (including phenoxy) is 2. The third-order valence-corrected chi connectivity index (χ3v) is 4.56. The first-order chi connectivity index (χ1) is 14.5. The molecule has 0 atom stereocenters. The summed E-state index contributed by atoms with van der Waals surface area (Å²) in [6.45, 7) is 1.70. The Kier molecular flexibility index (Phi) is 6.93. The van der Waals surface area contributed by atoms with Crippen LogP contribution in [0.4, 0.5) is 11.4 Å². The van der Waals surface area contributed by atoms with Crippen molar-refractivity contribution in [2.45, 2.75) is 6.92 Å². The lowest BCUT2D eigenvalue weighted by Crippen LogP contribution is -2.20. The molecule has 0 heterocycles. The molecule has 0 radical (unpaired) electrons. The molecule has 0 fully saturated rings. The van der Waals surface area contributed by atoms with Crippen molar-refractivity contribution in [1.82, 2.24) is 0 Å². The molecule has 0 aromatic heterocycles. The molecular formula is C23H21ClN2O4. The van der Waals surface area contributed by atoms with Crippen LogP contribution in [0.25, 0.3) is 0 Å². The Morgan fingerprint density at radius 3 is 2.40 bits per heavy atom. The average Bonchev–Trinajstić information content (AvgIpc) is 2.74. The molecule has 6 nitrogen and oxygen atoms in total. The van der Waals surface area contributed by atoms with Gasteiger partial charge >= 0.3 is 0 Å². The smallest absolute Gasteiger partial charge is 0.262 e. The van der Waals surface area contributed by atoms with Crippen LogP contribution in [0.2, 0.25) is 5.02 Å². The number of anilines is 2. The molecule has 0 aliphatic rings. The van der Waals surface area contributed by atoms with Crippen LogP contribution in [0.15, 0.2) is 66.7 Å². The lowest BCUT2D eigenvalue weighted by atomic mass is 10.1. The van der Waals surface area contributed by atoms with Crippen LogP contribution < -0.4 is 20.1 Å². The molecule has 154 valence electrons. The Hall–Kier alpha value is -3.51. The van der Waals surface area contributed by atoms with Gasteiger partial charge in [0, 0.05) is 16.3 Å². The summed E-state index contributed by atoms with van der Waals surface area (Å²) >= 11 is 5.83. The van der Waals surface area contributed by atoms with Crippen molar-refractivity contribution in [1.29, 1.82) is 0 Å². The van der Waals surface area contributed by atoms with Crippen LogP contribution in [-0.4, -0.2) is 25.5 Å². The zero-order chi connectivity index (χ0) is 21.5. The molecule has 3 aromatic rings. The fraction of sp³-hybridized carbons (Fsp3) is 0.130. The third-order valence-electron chi connectivity index (χ3n) is 4.30. The van der Waals surface area contributed by atoms with Gasteiger partial charge in [0.25, 0.3) is 11.8 Å². The number of halogens is 1. The molecule has 2 amide bonds. The van der Waals surface area contributed by atoms with Gasteiger partial charge in [0.15, 0.2) is 6.61 Å². The van der Waals surface area contributed by atoms with Crippen LogP contribution in [0.1, 0.15) is 15.9 Å². The average molecular weight is 425 g/mol. The third kappa shape index (κ3) is 5.52. The molecule has 0 bridgehead atoms. The Balaban J connectivity index is 1.67. The summed E-state index contributed by atoms with van der Waals surface area (Å²) in [6, 6.07) is 19.0. The summed E-state index contributed by atoms with van der Waals surface area (Å²) in [6.07, 6.45) is 0. The lowest BCUT2D eigenvalue weighted by molar-refractivity contribution is -0.118. The highest BCUT2D eigenvalue weighted by atomic mass is 35.5. The second-order valence-corrected chi connectivity index (χ2v) is 6.91. The maximum absolute atomic E-state index is 12.6. The highest BCUT2D eigenvalue weighted by molar-refractivity contribution is 6.30. The Morgan fingerprint density at radius 1 is 0.967 bits per heavy atom. The highest BCUT2D eigenvalue weighted by Crippen LogP contribution is 2.28. The van der Waals surface area contributed by atoms with Gasteiger partial charge in [0.05, 0.1) is 12.8 Å². The van der Waals surface area contributed by atoms with E-state index >= 15 is 0 Å². The lowest BCUT2D eigenvalue weighted by Gasteiger charge is -2.14. The zero-order valence-corrected chi connectivity index (χ0v) is 17.3. The first kappa shape index (κ1) is 21.2. The molecule has 0 spiro atoms. The van der Waals surface area contributed by atoms with Crippen LogP contribution in [0.5, 0.6) is 11.5 Å². The van der Waals surface area contributed by atoms with E-state index < -0.39 is 0 Å². The van der Waals surface area contributed by atoms with Gasteiger partial charge in [0.1, 0.15) is 11.5 Å². The van der Waals surface area contributed by atoms with E-state index in [-0.39, 0.29) is 18.4 Å². The van der Waals surface area contributed by atoms with Crippen molar-refractivity contribution >= 4 is 34.8 Å². The van der Waals surface area contributed by atoms with Gasteiger partial charge in [-0.1, -0.05) is 29.8 Å². The summed E-state index contributed by atoms with van der Waals surface area (Å²) < 4.78 is 10.8. The summed E-state index contributed by atoms with van der Waals surface area (Å²) in [5.74, 6) is 0.412. The van der Waals surface area contributed by atoms with E-state index in [4.69, 9.17) is 21.1 Å². The number of aryl methyl sites for hydroxylation is 1. The molecule has 0 unspecified atom stereocenters. The number of rotatable bonds is 7. The van der Waals surface area contributed by atoms with Gasteiger partial charge in [-0.3, -0.25) is 9.59 Å². The molecule has 0 saturated carbocycles. The molecule has 3 rings (SSSR count). The molecule has 0 aliphatic heterocycles. The number of nitrogens with one attached hydrogen (secondary N) is 2. The van der Waals surface area contributed by atoms with Crippen molar-refractivity contribution in [3.05, 3.63) is 82.9 Å². The van der Waals surface area contributed by atoms with Crippen molar-refractivity contribution in [2.24, 2.45) is 0 Å². The summed E-state index contributed by atoms with van der Waals surface area (Å²) in [5, 5.41) is 6.17. The number of hydrogen-bond acceptors (Lipinski definition) is 4. The van der Waals surface area contributed by atoms with Crippen molar-refractivity contribution in [3.8, 4) is 11.5 Å². The second-order valence-electron chi connectivity index (χ2n) is 6.47. The van der Waals surface area contributed by atoms with Crippen LogP contribution in [0.3, 0.4) is 0 Å². The van der Waals surface area contributed by atoms with Gasteiger partial charge in [-0.25, -0.2) is 0 Å². The minimum Gasteiger partial charge on any atom is -0.495 e. The molecule has 7 heteroatoms. The van der Waals surface area contributed by atoms with Crippen LogP contribution in [-0.2, 0) is 4.79 Å². The summed E-state index contributed by atoms with van der Waals surface area (Å²) in [7, 11) is 1.51. The molecule has 3 aromatic carbocycles. The van der Waals surface area contributed by atoms with Crippen LogP contribution in [0, 0.1) is 6.92 Å². The molecular weight excluding hydrogens is 404 g/mol. The predicted molar refractivity (Wildman–Crippen MR) is 118 cm³/mol. The quantitative estimate of drug-likeness (QED) is 0.564. The fourth-order valence-electron chi connectivity index (χ4n) is 2.78. The summed E-state index contributed by atoms with van der Waals surface area (Å²) in [4.78, 5) is 24.9. The zero-order valence-electron chi connectivity index (χ0n) is 16.6. The van der Waals surface area contributed by atoms with Crippen LogP contribution >= 0.6 is 11.6 Å². The fourth-order valence-corrected chi connectivity index (χ4v) is 2.90. The van der Waals surface area contributed by atoms with Crippen molar-refractivity contribution < 1.29 is 19.1 Å². The van der Waals surface area contributed by atoms with Gasteiger partial charge in [-0.2, -0.15) is 0 Å². The maximum Gasteiger partial charge on any atom is 0.262 e. The van der Waals surface area contributed by atoms with E-state index in [1.807, 2.05) is 19.1 Å². The Labute approximate surface area is 179 Å². The van der Waals surface area contributed by atoms with Gasteiger partial charge in [0.2, 0.25) is 0 Å². The monoisotopic (exact) mass is 424 g/mol. The number of carbonyl (C=O) groups excluding carboxylic acids is 2. The van der Waals surface area contributed by atoms with Crippen molar-refractivity contribution in [3.63, 3.8) is 0 Å².